The summed E-state index contributed by atoms with van der Waals surface area (Å²) in [4.78, 5) is 6.72. The van der Waals surface area contributed by atoms with E-state index in [4.69, 9.17) is 4.74 Å². The largest absolute Gasteiger partial charge is 0.370 e. The maximum atomic E-state index is 6.02. The lowest BCUT2D eigenvalue weighted by Crippen LogP contribution is -2.48. The topological polar surface area (TPSA) is 36.9 Å². The molecule has 0 aromatic heterocycles. The minimum atomic E-state index is 0. The van der Waals surface area contributed by atoms with Crippen LogP contribution in [0.15, 0.2) is 35.3 Å². The molecular formula is C19H30IN3O. The lowest BCUT2D eigenvalue weighted by Gasteiger charge is -2.35. The molecule has 1 aromatic carbocycles. The van der Waals surface area contributed by atoms with Crippen molar-refractivity contribution < 1.29 is 4.74 Å². The number of rotatable bonds is 4. The predicted octanol–water partition coefficient (Wildman–Crippen LogP) is 3.84. The van der Waals surface area contributed by atoms with Crippen LogP contribution in [-0.4, -0.2) is 44.1 Å². The molecule has 1 aliphatic heterocycles. The molecular weight excluding hydrogens is 413 g/mol. The van der Waals surface area contributed by atoms with Gasteiger partial charge < -0.3 is 15.0 Å². The van der Waals surface area contributed by atoms with E-state index in [2.05, 4.69) is 59.4 Å². The van der Waals surface area contributed by atoms with Gasteiger partial charge in [0.1, 0.15) is 6.10 Å². The standard InChI is InChI=1S/C19H29N3O.HI/c1-5-6-7-10-21-19(20-4)22-11-12-23-18(14-22)17-9-8-15(2)13-16(17)3;/h5-6,8-9,13,18H,7,10-12,14H2,1-4H3,(H,20,21);1H/b6-5+;. The van der Waals surface area contributed by atoms with Crippen LogP contribution < -0.4 is 5.32 Å². The molecule has 1 aromatic rings. The van der Waals surface area contributed by atoms with Crippen molar-refractivity contribution in [3.05, 3.63) is 47.0 Å². The second-order valence-electron chi connectivity index (χ2n) is 6.00. The molecule has 4 nitrogen and oxygen atoms in total. The SMILES string of the molecule is C/C=C/CCNC(=NC)N1CCOC(c2ccc(C)cc2C)C1.I. The molecule has 0 saturated carbocycles. The Morgan fingerprint density at radius 1 is 1.42 bits per heavy atom. The van der Waals surface area contributed by atoms with Gasteiger partial charge in [0.05, 0.1) is 13.2 Å². The third kappa shape index (κ3) is 5.77. The molecule has 1 saturated heterocycles. The molecule has 0 bridgehead atoms. The Hall–Kier alpha value is -1.08. The van der Waals surface area contributed by atoms with Crippen LogP contribution in [-0.2, 0) is 4.74 Å². The monoisotopic (exact) mass is 443 g/mol. The molecule has 134 valence electrons. The Morgan fingerprint density at radius 2 is 2.21 bits per heavy atom. The molecule has 1 N–H and O–H groups in total. The first-order valence-corrected chi connectivity index (χ1v) is 8.41. The first kappa shape index (κ1) is 21.0. The Bertz CT molecular complexity index is 572. The molecule has 24 heavy (non-hydrogen) atoms. The van der Waals surface area contributed by atoms with Crippen molar-refractivity contribution in [2.24, 2.45) is 4.99 Å². The second kappa shape index (κ2) is 10.7. The van der Waals surface area contributed by atoms with Crippen LogP contribution in [0.25, 0.3) is 0 Å². The Labute approximate surface area is 163 Å². The fourth-order valence-electron chi connectivity index (χ4n) is 2.98. The summed E-state index contributed by atoms with van der Waals surface area (Å²) < 4.78 is 6.02. The number of hydrogen-bond donors (Lipinski definition) is 1. The van der Waals surface area contributed by atoms with Gasteiger partial charge in [-0.1, -0.05) is 35.9 Å². The highest BCUT2D eigenvalue weighted by atomic mass is 127. The zero-order chi connectivity index (χ0) is 16.7. The van der Waals surface area contributed by atoms with E-state index in [9.17, 15) is 0 Å². The van der Waals surface area contributed by atoms with Gasteiger partial charge in [0.25, 0.3) is 0 Å². The molecule has 0 aliphatic carbocycles. The van der Waals surface area contributed by atoms with Gasteiger partial charge in [0.15, 0.2) is 5.96 Å². The highest BCUT2D eigenvalue weighted by molar-refractivity contribution is 14.0. The van der Waals surface area contributed by atoms with Crippen molar-refractivity contribution in [2.45, 2.75) is 33.3 Å². The van der Waals surface area contributed by atoms with Crippen molar-refractivity contribution in [1.82, 2.24) is 10.2 Å². The zero-order valence-electron chi connectivity index (χ0n) is 15.2. The molecule has 1 aliphatic rings. The van der Waals surface area contributed by atoms with E-state index >= 15 is 0 Å². The summed E-state index contributed by atoms with van der Waals surface area (Å²) >= 11 is 0. The Kier molecular flexibility index (Phi) is 9.36. The summed E-state index contributed by atoms with van der Waals surface area (Å²) in [6.45, 7) is 9.69. The second-order valence-corrected chi connectivity index (χ2v) is 6.00. The third-order valence-corrected chi connectivity index (χ3v) is 4.18. The van der Waals surface area contributed by atoms with E-state index in [-0.39, 0.29) is 30.1 Å². The van der Waals surface area contributed by atoms with Gasteiger partial charge in [-0.15, -0.1) is 24.0 Å². The van der Waals surface area contributed by atoms with E-state index in [0.717, 1.165) is 38.6 Å². The highest BCUT2D eigenvalue weighted by Gasteiger charge is 2.25. The van der Waals surface area contributed by atoms with Gasteiger partial charge >= 0.3 is 0 Å². The minimum absolute atomic E-state index is 0. The molecule has 0 spiro atoms. The van der Waals surface area contributed by atoms with Crippen LogP contribution in [0, 0.1) is 13.8 Å². The van der Waals surface area contributed by atoms with E-state index in [1.165, 1.54) is 16.7 Å². The van der Waals surface area contributed by atoms with E-state index < -0.39 is 0 Å². The molecule has 0 radical (unpaired) electrons. The summed E-state index contributed by atoms with van der Waals surface area (Å²) in [7, 11) is 1.85. The number of ether oxygens (including phenoxy) is 1. The number of hydrogen-bond acceptors (Lipinski definition) is 2. The number of aliphatic imine (C=N–C) groups is 1. The normalized spacial score (nSPS) is 18.6. The highest BCUT2D eigenvalue weighted by Crippen LogP contribution is 2.25. The summed E-state index contributed by atoms with van der Waals surface area (Å²) in [5, 5.41) is 3.44. The summed E-state index contributed by atoms with van der Waals surface area (Å²) in [5.74, 6) is 0.965. The number of nitrogens with one attached hydrogen (secondary N) is 1. The molecule has 1 unspecified atom stereocenters. The Balaban J connectivity index is 0.00000288. The van der Waals surface area contributed by atoms with Gasteiger partial charge in [-0.2, -0.15) is 0 Å². The van der Waals surface area contributed by atoms with Crippen LogP contribution >= 0.6 is 24.0 Å². The quantitative estimate of drug-likeness (QED) is 0.253. The number of allylic oxidation sites excluding steroid dienone is 1. The number of morpholine rings is 1. The average molecular weight is 443 g/mol. The predicted molar refractivity (Wildman–Crippen MR) is 112 cm³/mol. The summed E-state index contributed by atoms with van der Waals surface area (Å²) in [5.41, 5.74) is 3.87. The number of benzene rings is 1. The minimum Gasteiger partial charge on any atom is -0.370 e. The smallest absolute Gasteiger partial charge is 0.193 e. The van der Waals surface area contributed by atoms with E-state index in [1.54, 1.807) is 0 Å². The summed E-state index contributed by atoms with van der Waals surface area (Å²) in [6, 6.07) is 6.58. The molecule has 0 amide bonds. The maximum absolute atomic E-state index is 6.02. The van der Waals surface area contributed by atoms with Crippen molar-refractivity contribution in [2.75, 3.05) is 33.3 Å². The van der Waals surface area contributed by atoms with Crippen LogP contribution in [0.4, 0.5) is 0 Å². The lowest BCUT2D eigenvalue weighted by molar-refractivity contribution is -0.00829. The zero-order valence-corrected chi connectivity index (χ0v) is 17.5. The fraction of sp³-hybridized carbons (Fsp3) is 0.526. The number of aryl methyl sites for hydroxylation is 2. The van der Waals surface area contributed by atoms with E-state index in [0.29, 0.717) is 0 Å². The molecule has 2 rings (SSSR count). The van der Waals surface area contributed by atoms with Gasteiger partial charge in [0.2, 0.25) is 0 Å². The van der Waals surface area contributed by atoms with Gasteiger partial charge in [-0.25, -0.2) is 0 Å². The number of nitrogens with zero attached hydrogens (tertiary/aromatic N) is 2. The lowest BCUT2D eigenvalue weighted by atomic mass is 10.00. The fourth-order valence-corrected chi connectivity index (χ4v) is 2.98. The van der Waals surface area contributed by atoms with Gasteiger partial charge in [0, 0.05) is 20.1 Å². The first-order valence-electron chi connectivity index (χ1n) is 8.41. The molecule has 5 heteroatoms. The first-order chi connectivity index (χ1) is 11.2. The van der Waals surface area contributed by atoms with Crippen molar-refractivity contribution in [1.29, 1.82) is 0 Å². The van der Waals surface area contributed by atoms with Gasteiger partial charge in [-0.05, 0) is 38.3 Å². The van der Waals surface area contributed by atoms with Crippen LogP contribution in [0.5, 0.6) is 0 Å². The van der Waals surface area contributed by atoms with Crippen molar-refractivity contribution in [3.8, 4) is 0 Å². The Morgan fingerprint density at radius 3 is 2.88 bits per heavy atom. The maximum Gasteiger partial charge on any atom is 0.193 e. The van der Waals surface area contributed by atoms with Crippen LogP contribution in [0.2, 0.25) is 0 Å². The van der Waals surface area contributed by atoms with E-state index in [1.807, 2.05) is 14.0 Å². The van der Waals surface area contributed by atoms with Crippen molar-refractivity contribution >= 4 is 29.9 Å². The van der Waals surface area contributed by atoms with Crippen LogP contribution in [0.3, 0.4) is 0 Å². The van der Waals surface area contributed by atoms with Gasteiger partial charge in [-0.3, -0.25) is 4.99 Å². The van der Waals surface area contributed by atoms with Crippen molar-refractivity contribution in [3.63, 3.8) is 0 Å². The summed E-state index contributed by atoms with van der Waals surface area (Å²) in [6.07, 6.45) is 5.37. The number of guanidine groups is 1. The molecule has 1 heterocycles. The number of halogens is 1. The average Bonchev–Trinajstić information content (AvgIpc) is 2.55. The molecule has 1 atom stereocenters. The molecule has 1 fully saturated rings. The van der Waals surface area contributed by atoms with Crippen LogP contribution in [0.1, 0.15) is 36.1 Å². The third-order valence-electron chi connectivity index (χ3n) is 4.18.